The van der Waals surface area contributed by atoms with E-state index >= 15 is 0 Å². The van der Waals surface area contributed by atoms with Gasteiger partial charge in [0.05, 0.1) is 6.61 Å². The number of carboxylic acid groups (broad SMARTS) is 1. The molecule has 1 aromatic carbocycles. The number of hydrogen-bond donors (Lipinski definition) is 1. The van der Waals surface area contributed by atoms with Crippen LogP contribution in [0.2, 0.25) is 0 Å². The fourth-order valence-corrected chi connectivity index (χ4v) is 1.79. The Morgan fingerprint density at radius 2 is 2.35 bits per heavy atom. The predicted octanol–water partition coefficient (Wildman–Crippen LogP) is 2.08. The maximum Gasteiger partial charge on any atom is 0.342 e. The summed E-state index contributed by atoms with van der Waals surface area (Å²) in [6.45, 7) is 1.10. The van der Waals surface area contributed by atoms with E-state index in [0.29, 0.717) is 13.2 Å². The average Bonchev–Trinajstić information content (AvgIpc) is 2.30. The van der Waals surface area contributed by atoms with E-state index in [1.54, 1.807) is 0 Å². The Morgan fingerprint density at radius 3 is 3.00 bits per heavy atom. The van der Waals surface area contributed by atoms with Gasteiger partial charge in [-0.1, -0.05) is 6.07 Å². The Balaban J connectivity index is 2.19. The lowest BCUT2D eigenvalue weighted by Gasteiger charge is -2.24. The summed E-state index contributed by atoms with van der Waals surface area (Å²) in [6.07, 6.45) is 1.45. The molecule has 0 saturated carbocycles. The van der Waals surface area contributed by atoms with Gasteiger partial charge in [0, 0.05) is 6.61 Å². The zero-order valence-corrected chi connectivity index (χ0v) is 9.19. The zero-order valence-electron chi connectivity index (χ0n) is 9.19. The second kappa shape index (κ2) is 5.14. The molecular weight excluding hydrogens is 227 g/mol. The van der Waals surface area contributed by atoms with Gasteiger partial charge in [-0.15, -0.1) is 0 Å². The van der Waals surface area contributed by atoms with Crippen LogP contribution in [0.4, 0.5) is 4.39 Å². The highest BCUT2D eigenvalue weighted by Crippen LogP contribution is 2.24. The van der Waals surface area contributed by atoms with Crippen molar-refractivity contribution in [1.29, 1.82) is 0 Å². The highest BCUT2D eigenvalue weighted by molar-refractivity contribution is 5.91. The molecule has 92 valence electrons. The van der Waals surface area contributed by atoms with Gasteiger partial charge in [0.25, 0.3) is 0 Å². The minimum Gasteiger partial charge on any atom is -0.487 e. The first-order valence-electron chi connectivity index (χ1n) is 5.44. The summed E-state index contributed by atoms with van der Waals surface area (Å²) in [5, 5.41) is 8.92. The molecule has 0 aliphatic carbocycles. The van der Waals surface area contributed by atoms with Gasteiger partial charge in [-0.3, -0.25) is 0 Å². The van der Waals surface area contributed by atoms with Gasteiger partial charge < -0.3 is 14.6 Å². The molecule has 5 heteroatoms. The number of carboxylic acids is 1. The van der Waals surface area contributed by atoms with Crippen LogP contribution in [-0.4, -0.2) is 30.4 Å². The van der Waals surface area contributed by atoms with Crippen molar-refractivity contribution in [1.82, 2.24) is 0 Å². The van der Waals surface area contributed by atoms with Crippen molar-refractivity contribution in [3.05, 3.63) is 29.6 Å². The first-order chi connectivity index (χ1) is 8.18. The Labute approximate surface area is 98.0 Å². The quantitative estimate of drug-likeness (QED) is 0.878. The maximum atomic E-state index is 13.4. The summed E-state index contributed by atoms with van der Waals surface area (Å²) in [5.41, 5.74) is -0.418. The second-order valence-electron chi connectivity index (χ2n) is 3.88. The monoisotopic (exact) mass is 240 g/mol. The van der Waals surface area contributed by atoms with Crippen LogP contribution in [0.3, 0.4) is 0 Å². The Hall–Kier alpha value is -1.62. The fraction of sp³-hybridized carbons (Fsp3) is 0.417. The third-order valence-electron chi connectivity index (χ3n) is 2.60. The second-order valence-corrected chi connectivity index (χ2v) is 3.88. The molecule has 17 heavy (non-hydrogen) atoms. The van der Waals surface area contributed by atoms with E-state index in [1.165, 1.54) is 12.1 Å². The minimum absolute atomic E-state index is 0.0630. The minimum atomic E-state index is -1.32. The van der Waals surface area contributed by atoms with Gasteiger partial charge in [0.2, 0.25) is 0 Å². The summed E-state index contributed by atoms with van der Waals surface area (Å²) in [6, 6.07) is 4.00. The van der Waals surface area contributed by atoms with Crippen molar-refractivity contribution >= 4 is 5.97 Å². The van der Waals surface area contributed by atoms with Crippen molar-refractivity contribution in [3.8, 4) is 5.75 Å². The molecule has 4 nitrogen and oxygen atoms in total. The largest absolute Gasteiger partial charge is 0.487 e. The van der Waals surface area contributed by atoms with E-state index in [-0.39, 0.29) is 11.9 Å². The lowest BCUT2D eigenvalue weighted by Crippen LogP contribution is -2.28. The molecule has 1 saturated heterocycles. The van der Waals surface area contributed by atoms with Gasteiger partial charge in [-0.2, -0.15) is 0 Å². The van der Waals surface area contributed by atoms with Crippen molar-refractivity contribution in [3.63, 3.8) is 0 Å². The topological polar surface area (TPSA) is 55.8 Å². The number of rotatable bonds is 3. The van der Waals surface area contributed by atoms with Crippen LogP contribution in [0.15, 0.2) is 18.2 Å². The number of carbonyl (C=O) groups is 1. The van der Waals surface area contributed by atoms with Crippen LogP contribution in [0.5, 0.6) is 5.75 Å². The normalized spacial score (nSPS) is 19.9. The molecule has 1 N–H and O–H groups in total. The molecule has 0 bridgehead atoms. The van der Waals surface area contributed by atoms with Gasteiger partial charge in [-0.25, -0.2) is 9.18 Å². The van der Waals surface area contributed by atoms with Crippen LogP contribution < -0.4 is 4.74 Å². The van der Waals surface area contributed by atoms with Crippen molar-refractivity contribution < 1.29 is 23.8 Å². The standard InChI is InChI=1S/C12H13FO4/c13-9-4-1-5-10(11(9)12(14)15)17-8-3-2-6-16-7-8/h1,4-5,8H,2-3,6-7H2,(H,14,15). The molecular formula is C12H13FO4. The number of aromatic carboxylic acids is 1. The van der Waals surface area contributed by atoms with E-state index in [9.17, 15) is 9.18 Å². The molecule has 1 aromatic rings. The Morgan fingerprint density at radius 1 is 1.53 bits per heavy atom. The summed E-state index contributed by atoms with van der Waals surface area (Å²) in [4.78, 5) is 10.9. The summed E-state index contributed by atoms with van der Waals surface area (Å²) in [5.74, 6) is -2.05. The molecule has 1 fully saturated rings. The average molecular weight is 240 g/mol. The van der Waals surface area contributed by atoms with E-state index in [4.69, 9.17) is 14.6 Å². The zero-order chi connectivity index (χ0) is 12.3. The third-order valence-corrected chi connectivity index (χ3v) is 2.60. The van der Waals surface area contributed by atoms with Crippen LogP contribution in [0.25, 0.3) is 0 Å². The molecule has 0 aromatic heterocycles. The molecule has 1 aliphatic rings. The van der Waals surface area contributed by atoms with Crippen LogP contribution >= 0.6 is 0 Å². The van der Waals surface area contributed by atoms with Crippen LogP contribution in [-0.2, 0) is 4.74 Å². The van der Waals surface area contributed by atoms with Gasteiger partial charge in [-0.05, 0) is 25.0 Å². The van der Waals surface area contributed by atoms with E-state index in [2.05, 4.69) is 0 Å². The van der Waals surface area contributed by atoms with Crippen LogP contribution in [0.1, 0.15) is 23.2 Å². The number of hydrogen-bond acceptors (Lipinski definition) is 3. The molecule has 2 rings (SSSR count). The molecule has 1 atom stereocenters. The van der Waals surface area contributed by atoms with Crippen LogP contribution in [0, 0.1) is 5.82 Å². The smallest absolute Gasteiger partial charge is 0.342 e. The van der Waals surface area contributed by atoms with Gasteiger partial charge in [0.15, 0.2) is 0 Å². The summed E-state index contributed by atoms with van der Waals surface area (Å²) in [7, 11) is 0. The van der Waals surface area contributed by atoms with Gasteiger partial charge in [0.1, 0.15) is 23.2 Å². The highest BCUT2D eigenvalue weighted by atomic mass is 19.1. The molecule has 1 aliphatic heterocycles. The molecule has 0 radical (unpaired) electrons. The molecule has 1 unspecified atom stereocenters. The molecule has 0 amide bonds. The van der Waals surface area contributed by atoms with Crippen molar-refractivity contribution in [2.75, 3.05) is 13.2 Å². The SMILES string of the molecule is O=C(O)c1c(F)cccc1OC1CCCOC1. The number of ether oxygens (including phenoxy) is 2. The van der Waals surface area contributed by atoms with Gasteiger partial charge >= 0.3 is 5.97 Å². The highest BCUT2D eigenvalue weighted by Gasteiger charge is 2.21. The number of halogens is 1. The van der Waals surface area contributed by atoms with E-state index < -0.39 is 17.3 Å². The van der Waals surface area contributed by atoms with Crippen molar-refractivity contribution in [2.45, 2.75) is 18.9 Å². The number of benzene rings is 1. The molecule has 1 heterocycles. The first-order valence-corrected chi connectivity index (χ1v) is 5.44. The Kier molecular flexibility index (Phi) is 3.58. The summed E-state index contributed by atoms with van der Waals surface area (Å²) < 4.78 is 24.1. The first kappa shape index (κ1) is 11.9. The van der Waals surface area contributed by atoms with E-state index in [0.717, 1.165) is 18.9 Å². The van der Waals surface area contributed by atoms with E-state index in [1.807, 2.05) is 0 Å². The lowest BCUT2D eigenvalue weighted by atomic mass is 10.1. The predicted molar refractivity (Wildman–Crippen MR) is 57.8 cm³/mol. The lowest BCUT2D eigenvalue weighted by molar-refractivity contribution is 0.00662. The fourth-order valence-electron chi connectivity index (χ4n) is 1.79. The molecule has 0 spiro atoms. The Bertz CT molecular complexity index is 413. The third kappa shape index (κ3) is 2.74. The maximum absolute atomic E-state index is 13.4. The van der Waals surface area contributed by atoms with Crippen molar-refractivity contribution in [2.24, 2.45) is 0 Å². The summed E-state index contributed by atoms with van der Waals surface area (Å²) >= 11 is 0.